The molecule has 1 aromatic heterocycles. The number of hydrogen-bond donors (Lipinski definition) is 1. The monoisotopic (exact) mass is 222 g/mol. The normalized spacial score (nSPS) is 24.1. The van der Waals surface area contributed by atoms with Crippen molar-refractivity contribution in [1.82, 2.24) is 4.90 Å². The molecule has 1 aliphatic rings. The molecule has 2 heterocycles. The molecule has 0 amide bonds. The molecule has 1 fully saturated rings. The zero-order valence-electron chi connectivity index (χ0n) is 10.2. The highest BCUT2D eigenvalue weighted by Gasteiger charge is 2.30. The summed E-state index contributed by atoms with van der Waals surface area (Å²) in [6, 6.07) is 4.23. The maximum absolute atomic E-state index is 5.86. The van der Waals surface area contributed by atoms with Crippen molar-refractivity contribution in [2.24, 2.45) is 17.6 Å². The third-order valence-corrected chi connectivity index (χ3v) is 3.73. The van der Waals surface area contributed by atoms with E-state index in [1.54, 1.807) is 6.26 Å². The second-order valence-electron chi connectivity index (χ2n) is 5.05. The fourth-order valence-corrected chi connectivity index (χ4v) is 2.57. The molecule has 90 valence electrons. The molecule has 3 nitrogen and oxygen atoms in total. The van der Waals surface area contributed by atoms with Crippen molar-refractivity contribution in [3.63, 3.8) is 0 Å². The summed E-state index contributed by atoms with van der Waals surface area (Å²) >= 11 is 0. The summed E-state index contributed by atoms with van der Waals surface area (Å²) in [5.74, 6) is 2.58. The van der Waals surface area contributed by atoms with E-state index in [1.165, 1.54) is 6.42 Å². The van der Waals surface area contributed by atoms with Crippen molar-refractivity contribution in [2.45, 2.75) is 26.3 Å². The van der Waals surface area contributed by atoms with Gasteiger partial charge >= 0.3 is 0 Å². The van der Waals surface area contributed by atoms with Crippen molar-refractivity contribution < 1.29 is 4.42 Å². The van der Waals surface area contributed by atoms with Gasteiger partial charge in [0.1, 0.15) is 5.76 Å². The Morgan fingerprint density at radius 1 is 1.56 bits per heavy atom. The summed E-state index contributed by atoms with van der Waals surface area (Å²) in [6.45, 7) is 7.54. The molecule has 0 radical (unpaired) electrons. The molecule has 2 atom stereocenters. The molecule has 1 aliphatic heterocycles. The van der Waals surface area contributed by atoms with Gasteiger partial charge in [-0.3, -0.25) is 4.90 Å². The van der Waals surface area contributed by atoms with E-state index in [0.717, 1.165) is 30.7 Å². The summed E-state index contributed by atoms with van der Waals surface area (Å²) in [4.78, 5) is 2.46. The molecule has 0 aromatic carbocycles. The van der Waals surface area contributed by atoms with Crippen LogP contribution in [0.1, 0.15) is 32.1 Å². The molecule has 1 aromatic rings. The van der Waals surface area contributed by atoms with E-state index in [2.05, 4.69) is 18.7 Å². The number of rotatable bonds is 4. The first-order chi connectivity index (χ1) is 7.72. The molecule has 0 saturated carbocycles. The lowest BCUT2D eigenvalue weighted by molar-refractivity contribution is 0.206. The van der Waals surface area contributed by atoms with Gasteiger partial charge in [-0.15, -0.1) is 0 Å². The van der Waals surface area contributed by atoms with Crippen LogP contribution in [0.25, 0.3) is 0 Å². The van der Waals surface area contributed by atoms with E-state index in [9.17, 15) is 0 Å². The Morgan fingerprint density at radius 3 is 2.88 bits per heavy atom. The largest absolute Gasteiger partial charge is 0.468 e. The van der Waals surface area contributed by atoms with Crippen LogP contribution < -0.4 is 5.73 Å². The zero-order valence-corrected chi connectivity index (χ0v) is 10.2. The lowest BCUT2D eigenvalue weighted by Gasteiger charge is -2.25. The SMILES string of the molecule is CC(C)C1CCN(C(CN)c2ccco2)C1. The molecule has 0 bridgehead atoms. The van der Waals surface area contributed by atoms with Gasteiger partial charge in [0.15, 0.2) is 0 Å². The lowest BCUT2D eigenvalue weighted by Crippen LogP contribution is -2.32. The molecule has 2 rings (SSSR count). The van der Waals surface area contributed by atoms with Crippen LogP contribution in [-0.4, -0.2) is 24.5 Å². The summed E-state index contributed by atoms with van der Waals surface area (Å²) in [7, 11) is 0. The van der Waals surface area contributed by atoms with Crippen LogP contribution in [0.3, 0.4) is 0 Å². The van der Waals surface area contributed by atoms with Crippen LogP contribution >= 0.6 is 0 Å². The highest BCUT2D eigenvalue weighted by Crippen LogP contribution is 2.30. The Labute approximate surface area is 97.6 Å². The van der Waals surface area contributed by atoms with Crippen molar-refractivity contribution in [2.75, 3.05) is 19.6 Å². The zero-order chi connectivity index (χ0) is 11.5. The minimum absolute atomic E-state index is 0.263. The summed E-state index contributed by atoms with van der Waals surface area (Å²) in [5.41, 5.74) is 5.86. The average molecular weight is 222 g/mol. The first-order valence-electron chi connectivity index (χ1n) is 6.20. The third kappa shape index (κ3) is 2.30. The van der Waals surface area contributed by atoms with Gasteiger partial charge in [-0.2, -0.15) is 0 Å². The van der Waals surface area contributed by atoms with Gasteiger partial charge in [-0.25, -0.2) is 0 Å². The molecule has 3 heteroatoms. The van der Waals surface area contributed by atoms with Crippen molar-refractivity contribution >= 4 is 0 Å². The smallest absolute Gasteiger partial charge is 0.122 e. The number of hydrogen-bond acceptors (Lipinski definition) is 3. The highest BCUT2D eigenvalue weighted by atomic mass is 16.3. The molecular weight excluding hydrogens is 200 g/mol. The quantitative estimate of drug-likeness (QED) is 0.849. The highest BCUT2D eigenvalue weighted by molar-refractivity contribution is 5.06. The first kappa shape index (κ1) is 11.7. The minimum atomic E-state index is 0.263. The Bertz CT molecular complexity index is 308. The predicted octanol–water partition coefficient (Wildman–Crippen LogP) is 2.26. The van der Waals surface area contributed by atoms with E-state index in [0.29, 0.717) is 6.54 Å². The van der Waals surface area contributed by atoms with Crippen LogP contribution in [0.4, 0.5) is 0 Å². The van der Waals surface area contributed by atoms with Gasteiger partial charge < -0.3 is 10.2 Å². The Hall–Kier alpha value is -0.800. The molecule has 1 saturated heterocycles. The van der Waals surface area contributed by atoms with Crippen molar-refractivity contribution in [3.05, 3.63) is 24.2 Å². The van der Waals surface area contributed by atoms with Gasteiger partial charge in [-0.05, 0) is 36.9 Å². The van der Waals surface area contributed by atoms with E-state index in [4.69, 9.17) is 10.2 Å². The lowest BCUT2D eigenvalue weighted by atomic mass is 9.95. The van der Waals surface area contributed by atoms with Crippen molar-refractivity contribution in [1.29, 1.82) is 0 Å². The Kier molecular flexibility index (Phi) is 3.66. The average Bonchev–Trinajstić information content (AvgIpc) is 2.88. The van der Waals surface area contributed by atoms with Gasteiger partial charge in [0.05, 0.1) is 12.3 Å². The molecule has 0 spiro atoms. The number of nitrogens with two attached hydrogens (primary N) is 1. The van der Waals surface area contributed by atoms with Gasteiger partial charge in [0.25, 0.3) is 0 Å². The fraction of sp³-hybridized carbons (Fsp3) is 0.692. The van der Waals surface area contributed by atoms with E-state index in [-0.39, 0.29) is 6.04 Å². The van der Waals surface area contributed by atoms with Crippen molar-refractivity contribution in [3.8, 4) is 0 Å². The maximum atomic E-state index is 5.86. The Balaban J connectivity index is 2.02. The molecular formula is C13H22N2O. The third-order valence-electron chi connectivity index (χ3n) is 3.73. The van der Waals surface area contributed by atoms with Gasteiger partial charge in [-0.1, -0.05) is 13.8 Å². The van der Waals surface area contributed by atoms with E-state index >= 15 is 0 Å². The summed E-state index contributed by atoms with van der Waals surface area (Å²) in [5, 5.41) is 0. The predicted molar refractivity (Wildman–Crippen MR) is 65.0 cm³/mol. The number of nitrogens with zero attached hydrogens (tertiary/aromatic N) is 1. The standard InChI is InChI=1S/C13H22N2O/c1-10(2)11-5-6-15(9-11)12(8-14)13-4-3-7-16-13/h3-4,7,10-12H,5-6,8-9,14H2,1-2H3. The van der Waals surface area contributed by atoms with E-state index < -0.39 is 0 Å². The topological polar surface area (TPSA) is 42.4 Å². The van der Waals surface area contributed by atoms with Crippen LogP contribution in [0, 0.1) is 11.8 Å². The molecule has 2 N–H and O–H groups in total. The Morgan fingerprint density at radius 2 is 2.38 bits per heavy atom. The van der Waals surface area contributed by atoms with Gasteiger partial charge in [0.2, 0.25) is 0 Å². The summed E-state index contributed by atoms with van der Waals surface area (Å²) < 4.78 is 5.47. The number of likely N-dealkylation sites (tertiary alicyclic amines) is 1. The second kappa shape index (κ2) is 5.02. The molecule has 16 heavy (non-hydrogen) atoms. The summed E-state index contributed by atoms with van der Waals surface area (Å²) in [6.07, 6.45) is 3.02. The van der Waals surface area contributed by atoms with Crippen LogP contribution in [-0.2, 0) is 0 Å². The van der Waals surface area contributed by atoms with E-state index in [1.807, 2.05) is 12.1 Å². The second-order valence-corrected chi connectivity index (χ2v) is 5.05. The molecule has 2 unspecified atom stereocenters. The van der Waals surface area contributed by atoms with Crippen LogP contribution in [0.5, 0.6) is 0 Å². The molecule has 0 aliphatic carbocycles. The van der Waals surface area contributed by atoms with Gasteiger partial charge in [0, 0.05) is 13.1 Å². The van der Waals surface area contributed by atoms with Crippen LogP contribution in [0.15, 0.2) is 22.8 Å². The fourth-order valence-electron chi connectivity index (χ4n) is 2.57. The first-order valence-corrected chi connectivity index (χ1v) is 6.20. The minimum Gasteiger partial charge on any atom is -0.468 e. The maximum Gasteiger partial charge on any atom is 0.122 e. The number of furan rings is 1. The van der Waals surface area contributed by atoms with Crippen LogP contribution in [0.2, 0.25) is 0 Å².